The topological polar surface area (TPSA) is 57.9 Å². The van der Waals surface area contributed by atoms with Gasteiger partial charge in [0.05, 0.1) is 17.4 Å². The van der Waals surface area contributed by atoms with Crippen LogP contribution in [0.3, 0.4) is 0 Å². The van der Waals surface area contributed by atoms with Gasteiger partial charge in [0.15, 0.2) is 0 Å². The molecule has 0 N–H and O–H groups in total. The number of nitriles is 1. The van der Waals surface area contributed by atoms with Gasteiger partial charge in [-0.05, 0) is 30.2 Å². The molecule has 5 heteroatoms. The third-order valence-corrected chi connectivity index (χ3v) is 4.54. The fraction of sp³-hybridized carbons (Fsp3) is 0.417. The van der Waals surface area contributed by atoms with Crippen LogP contribution in [-0.4, -0.2) is 26.2 Å². The molecule has 0 amide bonds. The van der Waals surface area contributed by atoms with Gasteiger partial charge in [0.2, 0.25) is 0 Å². The van der Waals surface area contributed by atoms with Crippen LogP contribution in [-0.2, 0) is 15.6 Å². The Morgan fingerprint density at radius 3 is 2.65 bits per heavy atom. The molecule has 0 saturated heterocycles. The zero-order valence-electron chi connectivity index (χ0n) is 9.93. The first-order chi connectivity index (χ1) is 7.92. The zero-order valence-corrected chi connectivity index (χ0v) is 11.6. The Hall–Kier alpha value is -0.990. The summed E-state index contributed by atoms with van der Waals surface area (Å²) < 4.78 is 21.9. The lowest BCUT2D eigenvalue weighted by atomic mass is 10.1. The van der Waals surface area contributed by atoms with Gasteiger partial charge in [-0.2, -0.15) is 17.0 Å². The lowest BCUT2D eigenvalue weighted by Gasteiger charge is -2.05. The average Bonchev–Trinajstić information content (AvgIpc) is 2.24. The molecule has 0 aliphatic heterocycles. The Bertz CT molecular complexity index is 530. The van der Waals surface area contributed by atoms with Crippen LogP contribution in [0.5, 0.6) is 0 Å². The molecule has 0 unspecified atom stereocenters. The summed E-state index contributed by atoms with van der Waals surface area (Å²) in [6, 6.07) is 7.67. The van der Waals surface area contributed by atoms with Crippen molar-refractivity contribution >= 4 is 21.6 Å². The molecule has 0 fully saturated rings. The number of hydrogen-bond donors (Lipinski definition) is 0. The number of aryl methyl sites for hydroxylation is 1. The predicted octanol–water partition coefficient (Wildman–Crippen LogP) is 2.14. The van der Waals surface area contributed by atoms with Crippen molar-refractivity contribution in [1.29, 1.82) is 5.26 Å². The molecule has 0 atom stereocenters. The van der Waals surface area contributed by atoms with E-state index in [1.54, 1.807) is 17.8 Å². The van der Waals surface area contributed by atoms with Gasteiger partial charge in [-0.25, -0.2) is 8.42 Å². The average molecular weight is 269 g/mol. The molecule has 0 aliphatic carbocycles. The van der Waals surface area contributed by atoms with Crippen LogP contribution in [0.4, 0.5) is 0 Å². The van der Waals surface area contributed by atoms with E-state index in [0.717, 1.165) is 16.9 Å². The summed E-state index contributed by atoms with van der Waals surface area (Å²) in [7, 11) is -2.86. The Labute approximate surface area is 107 Å². The maximum atomic E-state index is 10.9. The van der Waals surface area contributed by atoms with E-state index in [9.17, 15) is 8.42 Å². The number of rotatable bonds is 5. The van der Waals surface area contributed by atoms with E-state index >= 15 is 0 Å². The summed E-state index contributed by atoms with van der Waals surface area (Å²) in [5, 5.41) is 8.73. The third-order valence-electron chi connectivity index (χ3n) is 2.33. The van der Waals surface area contributed by atoms with E-state index in [-0.39, 0.29) is 5.75 Å². The fourth-order valence-electron chi connectivity index (χ4n) is 1.32. The summed E-state index contributed by atoms with van der Waals surface area (Å²) in [6.45, 7) is 1.97. The second-order valence-electron chi connectivity index (χ2n) is 3.94. The SMILES string of the molecule is Cc1cc(C#N)ccc1CSCCS(C)(=O)=O. The molecule has 0 spiro atoms. The molecular weight excluding hydrogens is 254 g/mol. The second kappa shape index (κ2) is 6.08. The lowest BCUT2D eigenvalue weighted by molar-refractivity contribution is 0.603. The smallest absolute Gasteiger partial charge is 0.148 e. The molecule has 3 nitrogen and oxygen atoms in total. The molecule has 1 aromatic carbocycles. The monoisotopic (exact) mass is 269 g/mol. The van der Waals surface area contributed by atoms with Crippen molar-refractivity contribution in [3.8, 4) is 6.07 Å². The van der Waals surface area contributed by atoms with Crippen LogP contribution in [0.15, 0.2) is 18.2 Å². The van der Waals surface area contributed by atoms with E-state index in [4.69, 9.17) is 5.26 Å². The first-order valence-corrected chi connectivity index (χ1v) is 8.39. The van der Waals surface area contributed by atoms with Crippen molar-refractivity contribution in [2.24, 2.45) is 0 Å². The van der Waals surface area contributed by atoms with Gasteiger partial charge >= 0.3 is 0 Å². The summed E-state index contributed by atoms with van der Waals surface area (Å²) in [5.41, 5.74) is 2.89. The third kappa shape index (κ3) is 5.24. The minimum absolute atomic E-state index is 0.215. The molecule has 1 rings (SSSR count). The van der Waals surface area contributed by atoms with Crippen molar-refractivity contribution in [1.82, 2.24) is 0 Å². The molecule has 0 aromatic heterocycles. The Morgan fingerprint density at radius 1 is 1.41 bits per heavy atom. The lowest BCUT2D eigenvalue weighted by Crippen LogP contribution is -2.05. The largest absolute Gasteiger partial charge is 0.229 e. The van der Waals surface area contributed by atoms with Crippen molar-refractivity contribution in [2.75, 3.05) is 17.8 Å². The van der Waals surface area contributed by atoms with E-state index in [1.165, 1.54) is 6.26 Å². The first kappa shape index (κ1) is 14.1. The number of benzene rings is 1. The van der Waals surface area contributed by atoms with E-state index in [1.807, 2.05) is 19.1 Å². The Balaban J connectivity index is 2.51. The quantitative estimate of drug-likeness (QED) is 0.768. The van der Waals surface area contributed by atoms with Crippen LogP contribution in [0.2, 0.25) is 0 Å². The molecule has 0 saturated carbocycles. The molecule has 0 heterocycles. The number of sulfone groups is 1. The minimum Gasteiger partial charge on any atom is -0.229 e. The highest BCUT2D eigenvalue weighted by Crippen LogP contribution is 2.17. The van der Waals surface area contributed by atoms with Crippen LogP contribution in [0, 0.1) is 18.3 Å². The molecule has 17 heavy (non-hydrogen) atoms. The van der Waals surface area contributed by atoms with Gasteiger partial charge in [0.1, 0.15) is 9.84 Å². The number of thioether (sulfide) groups is 1. The molecule has 1 aromatic rings. The van der Waals surface area contributed by atoms with Gasteiger partial charge in [-0.3, -0.25) is 0 Å². The normalized spacial score (nSPS) is 11.1. The van der Waals surface area contributed by atoms with Crippen LogP contribution < -0.4 is 0 Å². The van der Waals surface area contributed by atoms with Gasteiger partial charge < -0.3 is 0 Å². The van der Waals surface area contributed by atoms with Crippen molar-refractivity contribution in [3.63, 3.8) is 0 Å². The van der Waals surface area contributed by atoms with E-state index in [0.29, 0.717) is 11.3 Å². The highest BCUT2D eigenvalue weighted by molar-refractivity contribution is 7.99. The molecule has 92 valence electrons. The highest BCUT2D eigenvalue weighted by atomic mass is 32.2. The van der Waals surface area contributed by atoms with E-state index < -0.39 is 9.84 Å². The molecule has 0 aliphatic rings. The highest BCUT2D eigenvalue weighted by Gasteiger charge is 2.03. The van der Waals surface area contributed by atoms with Crippen LogP contribution in [0.1, 0.15) is 16.7 Å². The Kier molecular flexibility index (Phi) is 5.03. The second-order valence-corrected chi connectivity index (χ2v) is 7.30. The molecule has 0 bridgehead atoms. The summed E-state index contributed by atoms with van der Waals surface area (Å²) >= 11 is 1.60. The van der Waals surface area contributed by atoms with Crippen molar-refractivity contribution < 1.29 is 8.42 Å². The maximum absolute atomic E-state index is 10.9. The van der Waals surface area contributed by atoms with Crippen LogP contribution in [0.25, 0.3) is 0 Å². The van der Waals surface area contributed by atoms with Crippen molar-refractivity contribution in [2.45, 2.75) is 12.7 Å². The standard InChI is InChI=1S/C12H15NO2S2/c1-10-7-11(8-13)3-4-12(10)9-16-5-6-17(2,14)15/h3-4,7H,5-6,9H2,1-2H3. The van der Waals surface area contributed by atoms with Gasteiger partial charge in [-0.1, -0.05) is 6.07 Å². The molecular formula is C12H15NO2S2. The van der Waals surface area contributed by atoms with Crippen molar-refractivity contribution in [3.05, 3.63) is 34.9 Å². The maximum Gasteiger partial charge on any atom is 0.148 e. The fourth-order valence-corrected chi connectivity index (χ4v) is 3.69. The van der Waals surface area contributed by atoms with Gasteiger partial charge in [-0.15, -0.1) is 0 Å². The van der Waals surface area contributed by atoms with Gasteiger partial charge in [0, 0.05) is 17.8 Å². The number of nitrogens with zero attached hydrogens (tertiary/aromatic N) is 1. The van der Waals surface area contributed by atoms with Gasteiger partial charge in [0.25, 0.3) is 0 Å². The summed E-state index contributed by atoms with van der Waals surface area (Å²) in [4.78, 5) is 0. The van der Waals surface area contributed by atoms with Crippen LogP contribution >= 0.6 is 11.8 Å². The summed E-state index contributed by atoms with van der Waals surface area (Å²) in [6.07, 6.45) is 1.25. The minimum atomic E-state index is -2.86. The summed E-state index contributed by atoms with van der Waals surface area (Å²) in [5.74, 6) is 1.61. The zero-order chi connectivity index (χ0) is 12.9. The molecule has 0 radical (unpaired) electrons. The van der Waals surface area contributed by atoms with E-state index in [2.05, 4.69) is 6.07 Å². The Morgan fingerprint density at radius 2 is 2.12 bits per heavy atom. The number of hydrogen-bond acceptors (Lipinski definition) is 4. The first-order valence-electron chi connectivity index (χ1n) is 5.17. The predicted molar refractivity (Wildman–Crippen MR) is 71.8 cm³/mol.